The van der Waals surface area contributed by atoms with E-state index in [9.17, 15) is 4.39 Å². The zero-order valence-corrected chi connectivity index (χ0v) is 10.1. The van der Waals surface area contributed by atoms with Gasteiger partial charge in [0.25, 0.3) is 0 Å². The predicted octanol–water partition coefficient (Wildman–Crippen LogP) is 3.94. The zero-order chi connectivity index (χ0) is 12.4. The van der Waals surface area contributed by atoms with Gasteiger partial charge in [0.15, 0.2) is 0 Å². The second-order valence-corrected chi connectivity index (χ2v) is 4.11. The minimum absolute atomic E-state index is 0.276. The molecular formula is C14H14FNO. The van der Waals surface area contributed by atoms with Crippen molar-refractivity contribution in [3.05, 3.63) is 53.0 Å². The molecule has 0 spiro atoms. The van der Waals surface area contributed by atoms with Crippen LogP contribution in [0.3, 0.4) is 0 Å². The molecule has 0 amide bonds. The molecule has 0 aliphatic heterocycles. The predicted molar refractivity (Wildman–Crippen MR) is 64.9 cm³/mol. The Morgan fingerprint density at radius 2 is 1.88 bits per heavy atom. The molecule has 1 heterocycles. The molecule has 3 heteroatoms. The summed E-state index contributed by atoms with van der Waals surface area (Å²) in [5.41, 5.74) is 3.30. The first-order chi connectivity index (χ1) is 8.06. The molecule has 2 aromatic rings. The van der Waals surface area contributed by atoms with Crippen molar-refractivity contribution in [1.82, 2.24) is 4.98 Å². The average Bonchev–Trinajstić information content (AvgIpc) is 2.25. The number of aromatic nitrogens is 1. The summed E-state index contributed by atoms with van der Waals surface area (Å²) in [6, 6.07) is 8.52. The molecule has 0 aliphatic carbocycles. The summed E-state index contributed by atoms with van der Waals surface area (Å²) in [4.78, 5) is 3.68. The smallest absolute Gasteiger partial charge is 0.221 e. The van der Waals surface area contributed by atoms with E-state index in [0.717, 1.165) is 22.4 Å². The summed E-state index contributed by atoms with van der Waals surface area (Å²) in [6.07, 6.45) is 0. The molecule has 0 aliphatic rings. The maximum Gasteiger partial charge on any atom is 0.221 e. The highest BCUT2D eigenvalue weighted by molar-refractivity contribution is 5.43. The number of nitrogens with zero attached hydrogens (tertiary/aromatic N) is 1. The van der Waals surface area contributed by atoms with Gasteiger partial charge in [-0.05, 0) is 49.6 Å². The summed E-state index contributed by atoms with van der Waals surface area (Å²) in [6.45, 7) is 6.00. The van der Waals surface area contributed by atoms with Crippen LogP contribution in [0.15, 0.2) is 30.3 Å². The molecule has 2 rings (SSSR count). The number of rotatable bonds is 2. The maximum absolute atomic E-state index is 12.9. The normalized spacial score (nSPS) is 10.4. The fourth-order valence-corrected chi connectivity index (χ4v) is 1.67. The molecule has 0 fully saturated rings. The second kappa shape index (κ2) is 4.53. The monoisotopic (exact) mass is 231 g/mol. The van der Waals surface area contributed by atoms with Crippen LogP contribution in [0, 0.1) is 26.7 Å². The van der Waals surface area contributed by atoms with Crippen LogP contribution in [0.1, 0.15) is 16.7 Å². The van der Waals surface area contributed by atoms with Gasteiger partial charge in [-0.15, -0.1) is 0 Å². The number of hydrogen-bond donors (Lipinski definition) is 0. The van der Waals surface area contributed by atoms with Crippen LogP contribution in [0.2, 0.25) is 0 Å². The van der Waals surface area contributed by atoms with E-state index < -0.39 is 5.95 Å². The minimum Gasteiger partial charge on any atom is -0.439 e. The summed E-state index contributed by atoms with van der Waals surface area (Å²) < 4.78 is 18.5. The first-order valence-electron chi connectivity index (χ1n) is 5.44. The van der Waals surface area contributed by atoms with E-state index in [4.69, 9.17) is 4.74 Å². The second-order valence-electron chi connectivity index (χ2n) is 4.11. The van der Waals surface area contributed by atoms with Gasteiger partial charge in [0, 0.05) is 6.07 Å². The van der Waals surface area contributed by atoms with Crippen molar-refractivity contribution in [3.8, 4) is 11.6 Å². The van der Waals surface area contributed by atoms with Crippen molar-refractivity contribution in [2.24, 2.45) is 0 Å². The van der Waals surface area contributed by atoms with Crippen LogP contribution >= 0.6 is 0 Å². The van der Waals surface area contributed by atoms with Crippen molar-refractivity contribution in [1.29, 1.82) is 0 Å². The Morgan fingerprint density at radius 3 is 2.59 bits per heavy atom. The third-order valence-corrected chi connectivity index (χ3v) is 2.67. The van der Waals surface area contributed by atoms with Crippen LogP contribution in [0.5, 0.6) is 11.6 Å². The lowest BCUT2D eigenvalue weighted by Crippen LogP contribution is -1.94. The fraction of sp³-hybridized carbons (Fsp3) is 0.214. The molecular weight excluding hydrogens is 217 g/mol. The van der Waals surface area contributed by atoms with Gasteiger partial charge in [0.2, 0.25) is 11.8 Å². The molecule has 0 N–H and O–H groups in total. The van der Waals surface area contributed by atoms with Crippen molar-refractivity contribution in [2.75, 3.05) is 0 Å². The third-order valence-electron chi connectivity index (χ3n) is 2.67. The highest BCUT2D eigenvalue weighted by Gasteiger charge is 2.06. The number of ether oxygens (including phenoxy) is 1. The molecule has 0 unspecified atom stereocenters. The molecule has 0 saturated carbocycles. The van der Waals surface area contributed by atoms with Crippen molar-refractivity contribution < 1.29 is 9.13 Å². The number of hydrogen-bond acceptors (Lipinski definition) is 2. The van der Waals surface area contributed by atoms with Gasteiger partial charge >= 0.3 is 0 Å². The molecule has 2 nitrogen and oxygen atoms in total. The van der Waals surface area contributed by atoms with Crippen molar-refractivity contribution in [3.63, 3.8) is 0 Å². The van der Waals surface area contributed by atoms with Gasteiger partial charge in [-0.2, -0.15) is 9.37 Å². The highest BCUT2D eigenvalue weighted by atomic mass is 19.1. The van der Waals surface area contributed by atoms with Crippen LogP contribution < -0.4 is 4.74 Å². The molecule has 1 aromatic heterocycles. The number of halogens is 1. The summed E-state index contributed by atoms with van der Waals surface area (Å²) in [5, 5.41) is 0. The van der Waals surface area contributed by atoms with E-state index in [1.165, 1.54) is 6.07 Å². The quantitative estimate of drug-likeness (QED) is 0.730. The summed E-state index contributed by atoms with van der Waals surface area (Å²) in [7, 11) is 0. The number of aryl methyl sites for hydroxylation is 2. The number of benzene rings is 1. The van der Waals surface area contributed by atoms with Crippen LogP contribution in [0.4, 0.5) is 4.39 Å². The lowest BCUT2D eigenvalue weighted by Gasteiger charge is -2.11. The zero-order valence-electron chi connectivity index (χ0n) is 10.1. The third kappa shape index (κ3) is 2.61. The maximum atomic E-state index is 12.9. The molecule has 0 bridgehead atoms. The average molecular weight is 231 g/mol. The SMILES string of the molecule is Cc1cc(C)c(C)c(Oc2cccc(F)n2)c1. The van der Waals surface area contributed by atoms with Crippen molar-refractivity contribution in [2.45, 2.75) is 20.8 Å². The Bertz CT molecular complexity index is 552. The molecule has 0 saturated heterocycles. The van der Waals surface area contributed by atoms with E-state index in [0.29, 0.717) is 0 Å². The Hall–Kier alpha value is -1.90. The van der Waals surface area contributed by atoms with E-state index >= 15 is 0 Å². The Balaban J connectivity index is 2.36. The first kappa shape index (κ1) is 11.6. The Labute approximate surface area is 100 Å². The van der Waals surface area contributed by atoms with E-state index in [2.05, 4.69) is 11.1 Å². The van der Waals surface area contributed by atoms with Gasteiger partial charge in [-0.25, -0.2) is 0 Å². The molecule has 0 radical (unpaired) electrons. The lowest BCUT2D eigenvalue weighted by molar-refractivity contribution is 0.442. The highest BCUT2D eigenvalue weighted by Crippen LogP contribution is 2.27. The van der Waals surface area contributed by atoms with E-state index in [1.807, 2.05) is 26.8 Å². The van der Waals surface area contributed by atoms with Gasteiger partial charge in [-0.1, -0.05) is 12.1 Å². The fourth-order valence-electron chi connectivity index (χ4n) is 1.67. The molecule has 1 aromatic carbocycles. The van der Waals surface area contributed by atoms with Gasteiger partial charge < -0.3 is 4.74 Å². The standard InChI is InChI=1S/C14H14FNO/c1-9-7-10(2)11(3)12(8-9)17-14-6-4-5-13(15)16-14/h4-8H,1-3H3. The minimum atomic E-state index is -0.537. The topological polar surface area (TPSA) is 22.1 Å². The van der Waals surface area contributed by atoms with Gasteiger partial charge in [0.1, 0.15) is 5.75 Å². The van der Waals surface area contributed by atoms with Gasteiger partial charge in [-0.3, -0.25) is 0 Å². The Kier molecular flexibility index (Phi) is 3.09. The lowest BCUT2D eigenvalue weighted by atomic mass is 10.1. The summed E-state index contributed by atoms with van der Waals surface area (Å²) >= 11 is 0. The van der Waals surface area contributed by atoms with Crippen LogP contribution in [-0.2, 0) is 0 Å². The molecule has 17 heavy (non-hydrogen) atoms. The van der Waals surface area contributed by atoms with Crippen LogP contribution in [-0.4, -0.2) is 4.98 Å². The molecule has 0 atom stereocenters. The first-order valence-corrected chi connectivity index (χ1v) is 5.44. The van der Waals surface area contributed by atoms with E-state index in [-0.39, 0.29) is 5.88 Å². The molecule has 88 valence electrons. The van der Waals surface area contributed by atoms with Crippen molar-refractivity contribution >= 4 is 0 Å². The largest absolute Gasteiger partial charge is 0.439 e. The van der Waals surface area contributed by atoms with Crippen LogP contribution in [0.25, 0.3) is 0 Å². The summed E-state index contributed by atoms with van der Waals surface area (Å²) in [5.74, 6) is 0.461. The Morgan fingerprint density at radius 1 is 1.12 bits per heavy atom. The number of pyridine rings is 1. The van der Waals surface area contributed by atoms with Gasteiger partial charge in [0.05, 0.1) is 0 Å². The van der Waals surface area contributed by atoms with E-state index in [1.54, 1.807) is 12.1 Å².